The van der Waals surface area contributed by atoms with Gasteiger partial charge in [-0.1, -0.05) is 20.8 Å². The second kappa shape index (κ2) is 6.49. The van der Waals surface area contributed by atoms with Crippen molar-refractivity contribution in [2.75, 3.05) is 13.7 Å². The van der Waals surface area contributed by atoms with E-state index in [4.69, 9.17) is 4.74 Å². The highest BCUT2D eigenvalue weighted by molar-refractivity contribution is 4.83. The summed E-state index contributed by atoms with van der Waals surface area (Å²) >= 11 is 0. The zero-order chi connectivity index (χ0) is 11.3. The molecular weight excluding hydrogens is 186 g/mol. The van der Waals surface area contributed by atoms with Crippen LogP contribution in [0.5, 0.6) is 0 Å². The molecule has 1 atom stereocenters. The average Bonchev–Trinajstić information content (AvgIpc) is 2.26. The maximum absolute atomic E-state index is 5.42. The fourth-order valence-electron chi connectivity index (χ4n) is 2.87. The molecule has 1 saturated carbocycles. The van der Waals surface area contributed by atoms with Crippen LogP contribution < -0.4 is 5.32 Å². The van der Waals surface area contributed by atoms with Crippen LogP contribution in [0.25, 0.3) is 0 Å². The number of nitrogens with one attached hydrogen (secondary N) is 1. The summed E-state index contributed by atoms with van der Waals surface area (Å²) < 4.78 is 5.42. The van der Waals surface area contributed by atoms with Gasteiger partial charge in [0.05, 0.1) is 6.10 Å². The van der Waals surface area contributed by atoms with Crippen LogP contribution in [-0.4, -0.2) is 25.8 Å². The zero-order valence-corrected chi connectivity index (χ0v) is 10.8. The summed E-state index contributed by atoms with van der Waals surface area (Å²) in [5, 5.41) is 3.64. The molecule has 1 fully saturated rings. The largest absolute Gasteiger partial charge is 0.381 e. The lowest BCUT2D eigenvalue weighted by Crippen LogP contribution is -2.42. The average molecular weight is 213 g/mol. The molecule has 0 amide bonds. The summed E-state index contributed by atoms with van der Waals surface area (Å²) in [4.78, 5) is 0. The molecule has 2 nitrogen and oxygen atoms in total. The highest BCUT2D eigenvalue weighted by atomic mass is 16.5. The van der Waals surface area contributed by atoms with Gasteiger partial charge in [-0.15, -0.1) is 0 Å². The predicted octanol–water partition coefficient (Wildman–Crippen LogP) is 2.83. The topological polar surface area (TPSA) is 21.3 Å². The Bertz CT molecular complexity index is 162. The maximum Gasteiger partial charge on any atom is 0.0571 e. The Morgan fingerprint density at radius 2 is 1.80 bits per heavy atom. The van der Waals surface area contributed by atoms with Crippen molar-refractivity contribution in [2.45, 2.75) is 58.6 Å². The minimum atomic E-state index is 0.524. The third-order valence-electron chi connectivity index (χ3n) is 3.72. The summed E-state index contributed by atoms with van der Waals surface area (Å²) in [6, 6.07) is 0.702. The molecule has 0 saturated heterocycles. The van der Waals surface area contributed by atoms with Gasteiger partial charge in [0, 0.05) is 13.2 Å². The Labute approximate surface area is 94.8 Å². The Balaban J connectivity index is 2.41. The van der Waals surface area contributed by atoms with E-state index in [0.29, 0.717) is 12.1 Å². The van der Waals surface area contributed by atoms with Gasteiger partial charge >= 0.3 is 0 Å². The molecule has 0 radical (unpaired) electrons. The fraction of sp³-hybridized carbons (Fsp3) is 1.00. The van der Waals surface area contributed by atoms with Crippen molar-refractivity contribution >= 4 is 0 Å². The van der Waals surface area contributed by atoms with E-state index in [1.807, 2.05) is 7.11 Å². The van der Waals surface area contributed by atoms with Gasteiger partial charge in [-0.05, 0) is 44.1 Å². The van der Waals surface area contributed by atoms with E-state index >= 15 is 0 Å². The summed E-state index contributed by atoms with van der Waals surface area (Å²) in [6.45, 7) is 7.95. The van der Waals surface area contributed by atoms with Crippen LogP contribution in [0.2, 0.25) is 0 Å². The van der Waals surface area contributed by atoms with Gasteiger partial charge in [0.25, 0.3) is 0 Å². The first kappa shape index (κ1) is 13.0. The van der Waals surface area contributed by atoms with Crippen molar-refractivity contribution in [1.82, 2.24) is 5.32 Å². The van der Waals surface area contributed by atoms with Crippen molar-refractivity contribution in [3.8, 4) is 0 Å². The molecule has 0 bridgehead atoms. The van der Waals surface area contributed by atoms with E-state index in [0.717, 1.165) is 18.4 Å². The molecule has 0 aromatic rings. The van der Waals surface area contributed by atoms with Crippen molar-refractivity contribution in [3.63, 3.8) is 0 Å². The van der Waals surface area contributed by atoms with Crippen LogP contribution >= 0.6 is 0 Å². The fourth-order valence-corrected chi connectivity index (χ4v) is 2.87. The third kappa shape index (κ3) is 3.76. The molecule has 1 unspecified atom stereocenters. The van der Waals surface area contributed by atoms with Gasteiger partial charge in [-0.3, -0.25) is 0 Å². The van der Waals surface area contributed by atoms with Crippen LogP contribution in [0.3, 0.4) is 0 Å². The van der Waals surface area contributed by atoms with Gasteiger partial charge in [0.1, 0.15) is 0 Å². The molecule has 15 heavy (non-hydrogen) atoms. The molecule has 0 spiro atoms. The van der Waals surface area contributed by atoms with E-state index in [-0.39, 0.29) is 0 Å². The molecule has 0 heterocycles. The molecule has 0 aromatic heterocycles. The molecule has 1 aliphatic carbocycles. The van der Waals surface area contributed by atoms with Crippen molar-refractivity contribution in [3.05, 3.63) is 0 Å². The minimum absolute atomic E-state index is 0.524. The monoisotopic (exact) mass is 213 g/mol. The van der Waals surface area contributed by atoms with Crippen LogP contribution in [-0.2, 0) is 4.74 Å². The Kier molecular flexibility index (Phi) is 5.62. The lowest BCUT2D eigenvalue weighted by molar-refractivity contribution is 0.0467. The zero-order valence-electron chi connectivity index (χ0n) is 10.8. The number of rotatable bonds is 5. The van der Waals surface area contributed by atoms with Crippen molar-refractivity contribution in [1.29, 1.82) is 0 Å². The van der Waals surface area contributed by atoms with E-state index < -0.39 is 0 Å². The predicted molar refractivity (Wildman–Crippen MR) is 65.1 cm³/mol. The van der Waals surface area contributed by atoms with Crippen LogP contribution in [0.4, 0.5) is 0 Å². The molecule has 90 valence electrons. The second-order valence-electron chi connectivity index (χ2n) is 5.10. The van der Waals surface area contributed by atoms with E-state index in [2.05, 4.69) is 26.1 Å². The molecule has 1 aliphatic rings. The first-order valence-corrected chi connectivity index (χ1v) is 6.45. The van der Waals surface area contributed by atoms with Gasteiger partial charge in [-0.25, -0.2) is 0 Å². The third-order valence-corrected chi connectivity index (χ3v) is 3.72. The summed E-state index contributed by atoms with van der Waals surface area (Å²) in [6.07, 6.45) is 5.67. The number of ether oxygens (including phenoxy) is 1. The summed E-state index contributed by atoms with van der Waals surface area (Å²) in [5.41, 5.74) is 0. The van der Waals surface area contributed by atoms with E-state index in [1.54, 1.807) is 0 Å². The SMILES string of the molecule is CCNC(C(C)C)C1CCC(OC)CC1. The molecular formula is C13H27NO. The van der Waals surface area contributed by atoms with Crippen molar-refractivity contribution < 1.29 is 4.74 Å². The molecule has 2 heteroatoms. The minimum Gasteiger partial charge on any atom is -0.381 e. The first-order valence-electron chi connectivity index (χ1n) is 6.45. The van der Waals surface area contributed by atoms with Gasteiger partial charge in [-0.2, -0.15) is 0 Å². The maximum atomic E-state index is 5.42. The van der Waals surface area contributed by atoms with E-state index in [9.17, 15) is 0 Å². The highest BCUT2D eigenvalue weighted by Crippen LogP contribution is 2.30. The number of hydrogen-bond donors (Lipinski definition) is 1. The number of hydrogen-bond acceptors (Lipinski definition) is 2. The van der Waals surface area contributed by atoms with Gasteiger partial charge in [0.2, 0.25) is 0 Å². The summed E-state index contributed by atoms with van der Waals surface area (Å²) in [7, 11) is 1.84. The standard InChI is InChI=1S/C13H27NO/c1-5-14-13(10(2)3)11-6-8-12(15-4)9-7-11/h10-14H,5-9H2,1-4H3. The van der Waals surface area contributed by atoms with Crippen LogP contribution in [0, 0.1) is 11.8 Å². The molecule has 0 aromatic carbocycles. The number of methoxy groups -OCH3 is 1. The van der Waals surface area contributed by atoms with Gasteiger partial charge in [0.15, 0.2) is 0 Å². The normalized spacial score (nSPS) is 29.4. The Morgan fingerprint density at radius 1 is 1.20 bits per heavy atom. The van der Waals surface area contributed by atoms with Gasteiger partial charge < -0.3 is 10.1 Å². The second-order valence-corrected chi connectivity index (χ2v) is 5.10. The lowest BCUT2D eigenvalue weighted by Gasteiger charge is -2.36. The first-order chi connectivity index (χ1) is 7.19. The Hall–Kier alpha value is -0.0800. The van der Waals surface area contributed by atoms with Crippen LogP contribution in [0.1, 0.15) is 46.5 Å². The van der Waals surface area contributed by atoms with E-state index in [1.165, 1.54) is 25.7 Å². The highest BCUT2D eigenvalue weighted by Gasteiger charge is 2.28. The quantitative estimate of drug-likeness (QED) is 0.758. The van der Waals surface area contributed by atoms with Crippen LogP contribution in [0.15, 0.2) is 0 Å². The smallest absolute Gasteiger partial charge is 0.0571 e. The summed E-state index contributed by atoms with van der Waals surface area (Å²) in [5.74, 6) is 1.60. The molecule has 1 rings (SSSR count). The molecule has 1 N–H and O–H groups in total. The molecule has 0 aliphatic heterocycles. The van der Waals surface area contributed by atoms with Crippen molar-refractivity contribution in [2.24, 2.45) is 11.8 Å². The lowest BCUT2D eigenvalue weighted by atomic mass is 9.78. The Morgan fingerprint density at radius 3 is 2.20 bits per heavy atom.